The first-order valence-corrected chi connectivity index (χ1v) is 16.0. The van der Waals surface area contributed by atoms with Crippen LogP contribution in [-0.2, 0) is 14.4 Å². The molecule has 1 unspecified atom stereocenters. The van der Waals surface area contributed by atoms with Crippen LogP contribution < -0.4 is 20.7 Å². The Hall–Kier alpha value is -3.85. The molecule has 1 aliphatic carbocycles. The lowest BCUT2D eigenvalue weighted by atomic mass is 9.73. The van der Waals surface area contributed by atoms with Crippen LogP contribution in [0.1, 0.15) is 70.4 Å². The van der Waals surface area contributed by atoms with Crippen molar-refractivity contribution >= 4 is 29.0 Å². The summed E-state index contributed by atoms with van der Waals surface area (Å²) in [4.78, 5) is 47.2. The van der Waals surface area contributed by atoms with Gasteiger partial charge in [0.15, 0.2) is 5.78 Å². The monoisotopic (exact) mass is 599 g/mol. The fourth-order valence-corrected chi connectivity index (χ4v) is 7.80. The zero-order valence-electron chi connectivity index (χ0n) is 26.2. The number of piperidine rings is 2. The molecular formula is C35H45N5O4. The number of ether oxygens (including phenoxy) is 1. The number of allylic oxidation sites excluding steroid dienone is 1. The van der Waals surface area contributed by atoms with Crippen molar-refractivity contribution in [3.05, 3.63) is 65.4 Å². The second-order valence-electron chi connectivity index (χ2n) is 13.6. The molecule has 3 heterocycles. The van der Waals surface area contributed by atoms with Crippen molar-refractivity contribution in [2.75, 3.05) is 50.1 Å². The van der Waals surface area contributed by atoms with E-state index in [0.29, 0.717) is 43.7 Å². The van der Waals surface area contributed by atoms with Crippen LogP contribution in [-0.4, -0.2) is 72.8 Å². The lowest BCUT2D eigenvalue weighted by molar-refractivity contribution is -0.141. The van der Waals surface area contributed by atoms with E-state index in [2.05, 4.69) is 29.0 Å². The Morgan fingerprint density at radius 1 is 0.977 bits per heavy atom. The van der Waals surface area contributed by atoms with Gasteiger partial charge in [0, 0.05) is 30.8 Å². The number of para-hydroxylation sites is 2. The van der Waals surface area contributed by atoms with Crippen LogP contribution in [0.15, 0.2) is 59.8 Å². The number of nitrogens with one attached hydrogen (secondary N) is 1. The van der Waals surface area contributed by atoms with E-state index < -0.39 is 11.6 Å². The Kier molecular flexibility index (Phi) is 8.18. The van der Waals surface area contributed by atoms with E-state index in [0.717, 1.165) is 55.0 Å². The highest BCUT2D eigenvalue weighted by atomic mass is 16.5. The molecule has 2 aromatic carbocycles. The van der Waals surface area contributed by atoms with E-state index >= 15 is 0 Å². The Morgan fingerprint density at radius 3 is 2.41 bits per heavy atom. The van der Waals surface area contributed by atoms with Crippen molar-refractivity contribution in [1.82, 2.24) is 9.80 Å². The number of methoxy groups -OCH3 is 1. The minimum Gasteiger partial charge on any atom is -0.497 e. The molecule has 3 N–H and O–H groups in total. The molecule has 2 aromatic rings. The highest BCUT2D eigenvalue weighted by molar-refractivity contribution is 6.02. The number of amides is 2. The normalized spacial score (nSPS) is 23.2. The van der Waals surface area contributed by atoms with Crippen LogP contribution >= 0.6 is 0 Å². The maximum Gasteiger partial charge on any atom is 0.242 e. The molecule has 9 heteroatoms. The van der Waals surface area contributed by atoms with Gasteiger partial charge in [0.2, 0.25) is 11.8 Å². The topological polar surface area (TPSA) is 108 Å². The van der Waals surface area contributed by atoms with Crippen LogP contribution in [0.5, 0.6) is 5.75 Å². The summed E-state index contributed by atoms with van der Waals surface area (Å²) in [7, 11) is 1.63. The molecule has 2 fully saturated rings. The van der Waals surface area contributed by atoms with Gasteiger partial charge in [-0.15, -0.1) is 0 Å². The number of carbonyl (C=O) groups is 3. The minimum absolute atomic E-state index is 0.0305. The summed E-state index contributed by atoms with van der Waals surface area (Å²) in [6.07, 6.45) is 5.54. The number of ketones is 1. The molecule has 1 atom stereocenters. The predicted octanol–water partition coefficient (Wildman–Crippen LogP) is 4.64. The van der Waals surface area contributed by atoms with Crippen molar-refractivity contribution in [3.8, 4) is 5.75 Å². The number of likely N-dealkylation sites (tertiary alicyclic amines) is 2. The third kappa shape index (κ3) is 5.58. The summed E-state index contributed by atoms with van der Waals surface area (Å²) in [5, 5.41) is 3.62. The smallest absolute Gasteiger partial charge is 0.242 e. The average molecular weight is 600 g/mol. The van der Waals surface area contributed by atoms with Gasteiger partial charge in [-0.25, -0.2) is 0 Å². The molecule has 6 rings (SSSR count). The summed E-state index contributed by atoms with van der Waals surface area (Å²) in [5.41, 5.74) is 9.40. The summed E-state index contributed by atoms with van der Waals surface area (Å²) in [6, 6.07) is 15.3. The Bertz CT molecular complexity index is 1470. The Labute approximate surface area is 260 Å². The molecule has 0 spiro atoms. The van der Waals surface area contributed by atoms with Gasteiger partial charge in [0.05, 0.1) is 31.1 Å². The third-order valence-electron chi connectivity index (χ3n) is 10.1. The van der Waals surface area contributed by atoms with Gasteiger partial charge in [0.25, 0.3) is 0 Å². The maximum absolute atomic E-state index is 14.2. The van der Waals surface area contributed by atoms with E-state index in [-0.39, 0.29) is 29.6 Å². The molecule has 44 heavy (non-hydrogen) atoms. The second-order valence-corrected chi connectivity index (χ2v) is 13.6. The van der Waals surface area contributed by atoms with E-state index in [9.17, 15) is 14.4 Å². The van der Waals surface area contributed by atoms with Crippen molar-refractivity contribution in [3.63, 3.8) is 0 Å². The van der Waals surface area contributed by atoms with Gasteiger partial charge in [0.1, 0.15) is 11.3 Å². The number of Topliss-reactive ketones (excluding diaryl/α,β-unsaturated/α-hetero) is 1. The molecule has 0 bridgehead atoms. The Morgan fingerprint density at radius 2 is 1.70 bits per heavy atom. The quantitative estimate of drug-likeness (QED) is 0.498. The third-order valence-corrected chi connectivity index (χ3v) is 10.1. The largest absolute Gasteiger partial charge is 0.497 e. The number of nitrogens with zero attached hydrogens (tertiary/aromatic N) is 3. The van der Waals surface area contributed by atoms with E-state index in [1.807, 2.05) is 53.4 Å². The predicted molar refractivity (Wildman–Crippen MR) is 171 cm³/mol. The van der Waals surface area contributed by atoms with Gasteiger partial charge >= 0.3 is 0 Å². The first-order valence-electron chi connectivity index (χ1n) is 16.0. The highest BCUT2D eigenvalue weighted by Gasteiger charge is 2.47. The zero-order chi connectivity index (χ0) is 31.1. The Balaban J connectivity index is 1.35. The summed E-state index contributed by atoms with van der Waals surface area (Å²) >= 11 is 0. The first-order chi connectivity index (χ1) is 21.1. The zero-order valence-corrected chi connectivity index (χ0v) is 26.2. The number of nitrogens with two attached hydrogens (primary N) is 1. The second kappa shape index (κ2) is 11.9. The van der Waals surface area contributed by atoms with E-state index in [1.54, 1.807) is 7.11 Å². The molecule has 0 saturated carbocycles. The SMILES string of the molecule is COc1cccc(C2C3=C(CC(C)(C)CC3=O)Nc3ccccc3N2CC(=O)N2CCC(C(N)=O)(N3CCCCC3)CC2)c1. The number of carbonyl (C=O) groups excluding carboxylic acids is 3. The summed E-state index contributed by atoms with van der Waals surface area (Å²) < 4.78 is 5.59. The van der Waals surface area contributed by atoms with Crippen LogP contribution in [0.25, 0.3) is 0 Å². The number of rotatable bonds is 6. The molecule has 0 radical (unpaired) electrons. The molecule has 9 nitrogen and oxygen atoms in total. The maximum atomic E-state index is 14.2. The number of benzene rings is 2. The lowest BCUT2D eigenvalue weighted by Crippen LogP contribution is -2.64. The summed E-state index contributed by atoms with van der Waals surface area (Å²) in [5.74, 6) is 0.474. The van der Waals surface area contributed by atoms with Gasteiger partial charge in [-0.1, -0.05) is 44.5 Å². The molecule has 4 aliphatic rings. The minimum atomic E-state index is -0.694. The summed E-state index contributed by atoms with van der Waals surface area (Å²) in [6.45, 7) is 7.02. The van der Waals surface area contributed by atoms with Crippen molar-refractivity contribution in [2.24, 2.45) is 11.1 Å². The fraction of sp³-hybridized carbons (Fsp3) is 0.514. The molecule has 3 aliphatic heterocycles. The van der Waals surface area contributed by atoms with Crippen LogP contribution in [0.2, 0.25) is 0 Å². The van der Waals surface area contributed by atoms with Gasteiger partial charge in [-0.3, -0.25) is 19.3 Å². The molecule has 2 saturated heterocycles. The van der Waals surface area contributed by atoms with Crippen LogP contribution in [0.4, 0.5) is 11.4 Å². The first kappa shape index (κ1) is 30.2. The van der Waals surface area contributed by atoms with Crippen molar-refractivity contribution in [2.45, 2.75) is 70.4 Å². The number of hydrogen-bond donors (Lipinski definition) is 2. The van der Waals surface area contributed by atoms with Gasteiger partial charge in [-0.2, -0.15) is 0 Å². The standard InChI is InChI=1S/C35H45N5O4/c1-34(2)21-27-31(29(41)22-34)32(24-10-9-11-25(20-24)44-3)40(28-13-6-5-12-26(28)37-27)23-30(42)38-18-14-35(15-19-38,33(36)43)39-16-7-4-8-17-39/h5-6,9-13,20,32,37H,4,7-8,14-19,21-23H2,1-3H3,(H2,36,43). The number of hydrogen-bond acceptors (Lipinski definition) is 7. The van der Waals surface area contributed by atoms with Gasteiger partial charge in [-0.05, 0) is 80.4 Å². The highest BCUT2D eigenvalue weighted by Crippen LogP contribution is 2.48. The molecule has 2 amide bonds. The fourth-order valence-electron chi connectivity index (χ4n) is 7.80. The number of anilines is 2. The molecular weight excluding hydrogens is 554 g/mol. The molecule has 0 aromatic heterocycles. The van der Waals surface area contributed by atoms with Crippen molar-refractivity contribution in [1.29, 1.82) is 0 Å². The van der Waals surface area contributed by atoms with E-state index in [4.69, 9.17) is 10.5 Å². The van der Waals surface area contributed by atoms with Crippen LogP contribution in [0, 0.1) is 5.41 Å². The molecule has 234 valence electrons. The van der Waals surface area contributed by atoms with Crippen LogP contribution in [0.3, 0.4) is 0 Å². The average Bonchev–Trinajstić information content (AvgIpc) is 3.15. The number of fused-ring (bicyclic) bond motifs is 1. The van der Waals surface area contributed by atoms with Crippen molar-refractivity contribution < 1.29 is 19.1 Å². The van der Waals surface area contributed by atoms with E-state index in [1.165, 1.54) is 6.42 Å². The number of primary amides is 1. The van der Waals surface area contributed by atoms with Gasteiger partial charge < -0.3 is 25.6 Å². The lowest BCUT2D eigenvalue weighted by Gasteiger charge is -2.48.